The standard InChI is InChI=1S/C13H21BrN2OS/c14-13-3-2-12(18-13)10-15-6-1-7-16-8-4-11(17)5-9-16/h2-3,11,15,17H,1,4-10H2. The van der Waals surface area contributed by atoms with E-state index in [4.69, 9.17) is 0 Å². The fraction of sp³-hybridized carbons (Fsp3) is 0.692. The van der Waals surface area contributed by atoms with Gasteiger partial charge in [0.1, 0.15) is 0 Å². The Labute approximate surface area is 121 Å². The van der Waals surface area contributed by atoms with E-state index < -0.39 is 0 Å². The number of rotatable bonds is 6. The molecule has 3 nitrogen and oxygen atoms in total. The van der Waals surface area contributed by atoms with Crippen molar-refractivity contribution in [2.45, 2.75) is 31.9 Å². The van der Waals surface area contributed by atoms with Gasteiger partial charge in [-0.05, 0) is 60.4 Å². The Hall–Kier alpha value is 0.0600. The molecule has 0 aromatic carbocycles. The van der Waals surface area contributed by atoms with E-state index in [2.05, 4.69) is 38.3 Å². The second kappa shape index (κ2) is 7.60. The van der Waals surface area contributed by atoms with Gasteiger partial charge in [0.2, 0.25) is 0 Å². The molecule has 1 aromatic rings. The van der Waals surface area contributed by atoms with Gasteiger partial charge in [0.05, 0.1) is 9.89 Å². The van der Waals surface area contributed by atoms with Gasteiger partial charge in [0.25, 0.3) is 0 Å². The minimum atomic E-state index is -0.0587. The number of aliphatic hydroxyl groups is 1. The van der Waals surface area contributed by atoms with Crippen LogP contribution in [0.3, 0.4) is 0 Å². The molecule has 0 spiro atoms. The van der Waals surface area contributed by atoms with Gasteiger partial charge in [-0.2, -0.15) is 0 Å². The summed E-state index contributed by atoms with van der Waals surface area (Å²) < 4.78 is 1.20. The summed E-state index contributed by atoms with van der Waals surface area (Å²) in [7, 11) is 0. The Balaban J connectivity index is 1.51. The average molecular weight is 333 g/mol. The summed E-state index contributed by atoms with van der Waals surface area (Å²) in [6.45, 7) is 5.29. The van der Waals surface area contributed by atoms with E-state index >= 15 is 0 Å². The molecule has 0 radical (unpaired) electrons. The quantitative estimate of drug-likeness (QED) is 0.785. The van der Waals surface area contributed by atoms with E-state index in [1.807, 2.05) is 0 Å². The summed E-state index contributed by atoms with van der Waals surface area (Å²) in [6, 6.07) is 4.26. The van der Waals surface area contributed by atoms with Crippen molar-refractivity contribution in [1.29, 1.82) is 0 Å². The van der Waals surface area contributed by atoms with E-state index in [0.29, 0.717) is 0 Å². The first-order valence-electron chi connectivity index (χ1n) is 6.59. The SMILES string of the molecule is OC1CCN(CCCNCc2ccc(Br)s2)CC1. The molecule has 18 heavy (non-hydrogen) atoms. The Morgan fingerprint density at radius 2 is 2.17 bits per heavy atom. The summed E-state index contributed by atoms with van der Waals surface area (Å²) in [5.41, 5.74) is 0. The Kier molecular flexibility index (Phi) is 6.11. The normalized spacial score (nSPS) is 18.3. The topological polar surface area (TPSA) is 35.5 Å². The lowest BCUT2D eigenvalue weighted by Gasteiger charge is -2.29. The summed E-state index contributed by atoms with van der Waals surface area (Å²) >= 11 is 5.27. The predicted octanol–water partition coefficient (Wildman–Crippen LogP) is 2.45. The molecular formula is C13H21BrN2OS. The maximum atomic E-state index is 9.42. The van der Waals surface area contributed by atoms with E-state index in [9.17, 15) is 5.11 Å². The van der Waals surface area contributed by atoms with Gasteiger partial charge < -0.3 is 15.3 Å². The molecule has 2 rings (SSSR count). The third-order valence-electron chi connectivity index (χ3n) is 3.31. The van der Waals surface area contributed by atoms with Crippen LogP contribution in [-0.4, -0.2) is 42.3 Å². The van der Waals surface area contributed by atoms with Crippen molar-refractivity contribution in [2.24, 2.45) is 0 Å². The number of nitrogens with one attached hydrogen (secondary N) is 1. The highest BCUT2D eigenvalue weighted by molar-refractivity contribution is 9.11. The molecule has 0 aliphatic carbocycles. The molecule has 5 heteroatoms. The van der Waals surface area contributed by atoms with Crippen molar-refractivity contribution in [3.8, 4) is 0 Å². The molecule has 1 fully saturated rings. The van der Waals surface area contributed by atoms with Crippen LogP contribution in [0.2, 0.25) is 0 Å². The average Bonchev–Trinajstić information content (AvgIpc) is 2.77. The number of nitrogens with zero attached hydrogens (tertiary/aromatic N) is 1. The summed E-state index contributed by atoms with van der Waals surface area (Å²) in [5.74, 6) is 0. The molecule has 0 unspecified atom stereocenters. The molecule has 1 aliphatic heterocycles. The number of piperidine rings is 1. The van der Waals surface area contributed by atoms with Crippen LogP contribution in [0.4, 0.5) is 0 Å². The number of hydrogen-bond donors (Lipinski definition) is 2. The van der Waals surface area contributed by atoms with Crippen molar-refractivity contribution in [3.05, 3.63) is 20.8 Å². The zero-order valence-corrected chi connectivity index (χ0v) is 13.0. The van der Waals surface area contributed by atoms with Gasteiger partial charge in [0, 0.05) is 24.5 Å². The fourth-order valence-electron chi connectivity index (χ4n) is 2.23. The van der Waals surface area contributed by atoms with Crippen molar-refractivity contribution in [2.75, 3.05) is 26.2 Å². The maximum Gasteiger partial charge on any atom is 0.0701 e. The first kappa shape index (κ1) is 14.5. The number of aliphatic hydroxyl groups excluding tert-OH is 1. The van der Waals surface area contributed by atoms with Gasteiger partial charge in [0.15, 0.2) is 0 Å². The smallest absolute Gasteiger partial charge is 0.0701 e. The molecule has 0 amide bonds. The van der Waals surface area contributed by atoms with Gasteiger partial charge in [-0.3, -0.25) is 0 Å². The van der Waals surface area contributed by atoms with Crippen LogP contribution in [-0.2, 0) is 6.54 Å². The van der Waals surface area contributed by atoms with E-state index in [-0.39, 0.29) is 6.10 Å². The van der Waals surface area contributed by atoms with Gasteiger partial charge in [-0.1, -0.05) is 0 Å². The first-order chi connectivity index (χ1) is 8.74. The minimum Gasteiger partial charge on any atom is -0.393 e. The summed E-state index contributed by atoms with van der Waals surface area (Å²) in [6.07, 6.45) is 3.01. The second-order valence-corrected chi connectivity index (χ2v) is 7.36. The third-order valence-corrected chi connectivity index (χ3v) is 4.94. The summed E-state index contributed by atoms with van der Waals surface area (Å²) in [4.78, 5) is 3.83. The first-order valence-corrected chi connectivity index (χ1v) is 8.20. The molecule has 0 bridgehead atoms. The number of thiophene rings is 1. The van der Waals surface area contributed by atoms with Crippen LogP contribution < -0.4 is 5.32 Å². The van der Waals surface area contributed by atoms with E-state index in [0.717, 1.165) is 45.6 Å². The lowest BCUT2D eigenvalue weighted by Crippen LogP contribution is -2.37. The van der Waals surface area contributed by atoms with Gasteiger partial charge >= 0.3 is 0 Å². The zero-order valence-electron chi connectivity index (χ0n) is 10.6. The largest absolute Gasteiger partial charge is 0.393 e. The third kappa shape index (κ3) is 4.97. The van der Waals surface area contributed by atoms with E-state index in [1.165, 1.54) is 15.1 Å². The molecule has 0 saturated carbocycles. The monoisotopic (exact) mass is 332 g/mol. The highest BCUT2D eigenvalue weighted by atomic mass is 79.9. The lowest BCUT2D eigenvalue weighted by atomic mass is 10.1. The van der Waals surface area contributed by atoms with Crippen LogP contribution in [0.15, 0.2) is 15.9 Å². The van der Waals surface area contributed by atoms with Crippen molar-refractivity contribution in [1.82, 2.24) is 10.2 Å². The van der Waals surface area contributed by atoms with Crippen LogP contribution in [0, 0.1) is 0 Å². The zero-order chi connectivity index (χ0) is 12.8. The minimum absolute atomic E-state index is 0.0587. The van der Waals surface area contributed by atoms with Crippen LogP contribution in [0.25, 0.3) is 0 Å². The number of hydrogen-bond acceptors (Lipinski definition) is 4. The molecule has 1 aromatic heterocycles. The number of halogens is 1. The van der Waals surface area contributed by atoms with Crippen molar-refractivity contribution < 1.29 is 5.11 Å². The van der Waals surface area contributed by atoms with Crippen LogP contribution >= 0.6 is 27.3 Å². The van der Waals surface area contributed by atoms with E-state index in [1.54, 1.807) is 11.3 Å². The maximum absolute atomic E-state index is 9.42. The molecule has 2 N–H and O–H groups in total. The second-order valence-electron chi connectivity index (χ2n) is 4.81. The predicted molar refractivity (Wildman–Crippen MR) is 80.0 cm³/mol. The van der Waals surface area contributed by atoms with Crippen LogP contribution in [0.5, 0.6) is 0 Å². The molecular weight excluding hydrogens is 312 g/mol. The van der Waals surface area contributed by atoms with Gasteiger partial charge in [-0.25, -0.2) is 0 Å². The highest BCUT2D eigenvalue weighted by Gasteiger charge is 2.15. The fourth-order valence-corrected chi connectivity index (χ4v) is 3.68. The highest BCUT2D eigenvalue weighted by Crippen LogP contribution is 2.21. The van der Waals surface area contributed by atoms with Crippen molar-refractivity contribution >= 4 is 27.3 Å². The molecule has 102 valence electrons. The van der Waals surface area contributed by atoms with Gasteiger partial charge in [-0.15, -0.1) is 11.3 Å². The Morgan fingerprint density at radius 3 is 2.83 bits per heavy atom. The Bertz CT molecular complexity index is 351. The lowest BCUT2D eigenvalue weighted by molar-refractivity contribution is 0.0821. The molecule has 2 heterocycles. The summed E-state index contributed by atoms with van der Waals surface area (Å²) in [5, 5.41) is 12.9. The van der Waals surface area contributed by atoms with Crippen LogP contribution in [0.1, 0.15) is 24.1 Å². The number of likely N-dealkylation sites (tertiary alicyclic amines) is 1. The molecule has 1 saturated heterocycles. The molecule has 1 aliphatic rings. The van der Waals surface area contributed by atoms with Crippen molar-refractivity contribution in [3.63, 3.8) is 0 Å². The molecule has 0 atom stereocenters. The Morgan fingerprint density at radius 1 is 1.39 bits per heavy atom.